The molecule has 1 aliphatic carbocycles. The summed E-state index contributed by atoms with van der Waals surface area (Å²) in [4.78, 5) is 0. The van der Waals surface area contributed by atoms with Crippen LogP contribution in [0.2, 0.25) is 0 Å². The molecule has 0 aromatic heterocycles. The van der Waals surface area contributed by atoms with Crippen molar-refractivity contribution in [3.05, 3.63) is 0 Å². The Morgan fingerprint density at radius 2 is 1.64 bits per heavy atom. The summed E-state index contributed by atoms with van der Waals surface area (Å²) in [6, 6.07) is 0. The van der Waals surface area contributed by atoms with E-state index >= 15 is 0 Å². The molecule has 1 aliphatic rings. The van der Waals surface area contributed by atoms with Crippen molar-refractivity contribution in [3.63, 3.8) is 0 Å². The highest BCUT2D eigenvalue weighted by atomic mass is 16.3. The van der Waals surface area contributed by atoms with Gasteiger partial charge in [-0.15, -0.1) is 0 Å². The molecule has 0 aliphatic heterocycles. The third kappa shape index (κ3) is 2.80. The van der Waals surface area contributed by atoms with E-state index in [0.29, 0.717) is 0 Å². The van der Waals surface area contributed by atoms with Gasteiger partial charge in [-0.05, 0) is 12.8 Å². The van der Waals surface area contributed by atoms with Crippen molar-refractivity contribution in [1.29, 1.82) is 0 Å². The molecule has 0 heterocycles. The predicted molar refractivity (Wildman–Crippen MR) is 44.3 cm³/mol. The van der Waals surface area contributed by atoms with Gasteiger partial charge in [-0.1, -0.05) is 25.7 Å². The van der Waals surface area contributed by atoms with E-state index in [4.69, 9.17) is 5.11 Å². The molecule has 2 atom stereocenters. The van der Waals surface area contributed by atoms with Gasteiger partial charge in [-0.25, -0.2) is 0 Å². The Bertz CT molecular complexity index is 104. The van der Waals surface area contributed by atoms with Crippen molar-refractivity contribution in [2.24, 2.45) is 5.92 Å². The molecule has 0 bridgehead atoms. The maximum Gasteiger partial charge on any atom is 0.0590 e. The zero-order valence-corrected chi connectivity index (χ0v) is 7.00. The van der Waals surface area contributed by atoms with Gasteiger partial charge in [0.2, 0.25) is 0 Å². The highest BCUT2D eigenvalue weighted by Gasteiger charge is 2.19. The van der Waals surface area contributed by atoms with Crippen molar-refractivity contribution < 1.29 is 10.2 Å². The molecule has 0 spiro atoms. The van der Waals surface area contributed by atoms with Crippen LogP contribution in [0.5, 0.6) is 0 Å². The molecule has 1 rings (SSSR count). The number of aliphatic hydroxyl groups excluding tert-OH is 2. The van der Waals surface area contributed by atoms with Crippen molar-refractivity contribution >= 4 is 0 Å². The normalized spacial score (nSPS) is 34.4. The van der Waals surface area contributed by atoms with Gasteiger partial charge in [0.1, 0.15) is 0 Å². The third-order valence-corrected chi connectivity index (χ3v) is 2.60. The molecular formula is C9H18O2. The van der Waals surface area contributed by atoms with Crippen LogP contribution in [0.4, 0.5) is 0 Å². The first-order valence-corrected chi connectivity index (χ1v) is 4.63. The number of hydrogen-bond donors (Lipinski definition) is 2. The highest BCUT2D eigenvalue weighted by molar-refractivity contribution is 4.70. The van der Waals surface area contributed by atoms with Crippen LogP contribution in [0.1, 0.15) is 38.5 Å². The standard InChI is InChI=1S/C9H18O2/c10-7-8-5-3-1-2-4-6-9(8)11/h8-11H,1-7H2/t8-,9+/m1/s1. The summed E-state index contributed by atoms with van der Waals surface area (Å²) >= 11 is 0. The summed E-state index contributed by atoms with van der Waals surface area (Å²) in [5.74, 6) is 0.148. The lowest BCUT2D eigenvalue weighted by molar-refractivity contribution is 0.0482. The SMILES string of the molecule is OC[C@H]1CCCCCC[C@@H]1O. The molecule has 2 N–H and O–H groups in total. The van der Waals surface area contributed by atoms with Crippen LogP contribution in [-0.4, -0.2) is 22.9 Å². The molecule has 0 saturated heterocycles. The fourth-order valence-corrected chi connectivity index (χ4v) is 1.75. The minimum absolute atomic E-state index is 0.148. The Balaban J connectivity index is 2.33. The molecule has 2 nitrogen and oxygen atoms in total. The topological polar surface area (TPSA) is 40.5 Å². The van der Waals surface area contributed by atoms with Crippen LogP contribution in [0, 0.1) is 5.92 Å². The Morgan fingerprint density at radius 1 is 1.00 bits per heavy atom. The monoisotopic (exact) mass is 158 g/mol. The molecule has 1 fully saturated rings. The van der Waals surface area contributed by atoms with Crippen LogP contribution in [-0.2, 0) is 0 Å². The second-order valence-corrected chi connectivity index (χ2v) is 3.50. The summed E-state index contributed by atoms with van der Waals surface area (Å²) < 4.78 is 0. The lowest BCUT2D eigenvalue weighted by Gasteiger charge is -2.23. The average Bonchev–Trinajstić information content (AvgIpc) is 1.98. The summed E-state index contributed by atoms with van der Waals surface area (Å²) in [7, 11) is 0. The Kier molecular flexibility index (Phi) is 3.87. The first-order chi connectivity index (χ1) is 5.34. The van der Waals surface area contributed by atoms with E-state index in [1.165, 1.54) is 19.3 Å². The van der Waals surface area contributed by atoms with E-state index in [1.807, 2.05) is 0 Å². The molecule has 0 aromatic rings. The van der Waals surface area contributed by atoms with Crippen LogP contribution in [0.3, 0.4) is 0 Å². The molecule has 1 saturated carbocycles. The minimum atomic E-state index is -0.250. The number of aliphatic hydroxyl groups is 2. The van der Waals surface area contributed by atoms with E-state index < -0.39 is 0 Å². The van der Waals surface area contributed by atoms with Crippen molar-refractivity contribution in [1.82, 2.24) is 0 Å². The van der Waals surface area contributed by atoms with Crippen LogP contribution >= 0.6 is 0 Å². The first kappa shape index (κ1) is 9.01. The summed E-state index contributed by atoms with van der Waals surface area (Å²) in [5, 5.41) is 18.4. The number of hydrogen-bond acceptors (Lipinski definition) is 2. The van der Waals surface area contributed by atoms with Gasteiger partial charge in [0.25, 0.3) is 0 Å². The van der Waals surface area contributed by atoms with E-state index in [-0.39, 0.29) is 18.6 Å². The smallest absolute Gasteiger partial charge is 0.0590 e. The Hall–Kier alpha value is -0.0800. The van der Waals surface area contributed by atoms with Crippen molar-refractivity contribution in [3.8, 4) is 0 Å². The molecule has 66 valence electrons. The van der Waals surface area contributed by atoms with E-state index in [9.17, 15) is 5.11 Å². The maximum atomic E-state index is 9.51. The summed E-state index contributed by atoms with van der Waals surface area (Å²) in [6.45, 7) is 0.154. The lowest BCUT2D eigenvalue weighted by atomic mass is 9.89. The molecule has 2 heteroatoms. The average molecular weight is 158 g/mol. The Labute approximate surface area is 68.2 Å². The van der Waals surface area contributed by atoms with E-state index in [1.54, 1.807) is 0 Å². The molecule has 0 amide bonds. The van der Waals surface area contributed by atoms with Gasteiger partial charge in [0, 0.05) is 12.5 Å². The summed E-state index contributed by atoms with van der Waals surface area (Å²) in [6.07, 6.45) is 6.43. The summed E-state index contributed by atoms with van der Waals surface area (Å²) in [5.41, 5.74) is 0. The second kappa shape index (κ2) is 4.73. The highest BCUT2D eigenvalue weighted by Crippen LogP contribution is 2.21. The fourth-order valence-electron chi connectivity index (χ4n) is 1.75. The fraction of sp³-hybridized carbons (Fsp3) is 1.00. The van der Waals surface area contributed by atoms with Crippen LogP contribution < -0.4 is 0 Å². The largest absolute Gasteiger partial charge is 0.396 e. The molecule has 11 heavy (non-hydrogen) atoms. The van der Waals surface area contributed by atoms with Gasteiger partial charge in [0.05, 0.1) is 6.10 Å². The van der Waals surface area contributed by atoms with E-state index in [0.717, 1.165) is 19.3 Å². The van der Waals surface area contributed by atoms with Crippen LogP contribution in [0.15, 0.2) is 0 Å². The third-order valence-electron chi connectivity index (χ3n) is 2.60. The number of rotatable bonds is 1. The molecule has 0 radical (unpaired) electrons. The van der Waals surface area contributed by atoms with Gasteiger partial charge in [0.15, 0.2) is 0 Å². The van der Waals surface area contributed by atoms with Crippen LogP contribution in [0.25, 0.3) is 0 Å². The molecule has 0 unspecified atom stereocenters. The zero-order valence-electron chi connectivity index (χ0n) is 7.00. The quantitative estimate of drug-likeness (QED) is 0.604. The first-order valence-electron chi connectivity index (χ1n) is 4.63. The second-order valence-electron chi connectivity index (χ2n) is 3.50. The van der Waals surface area contributed by atoms with Crippen molar-refractivity contribution in [2.75, 3.05) is 6.61 Å². The van der Waals surface area contributed by atoms with Gasteiger partial charge in [-0.2, -0.15) is 0 Å². The van der Waals surface area contributed by atoms with Gasteiger partial charge in [-0.3, -0.25) is 0 Å². The molecular weight excluding hydrogens is 140 g/mol. The van der Waals surface area contributed by atoms with Gasteiger partial charge < -0.3 is 10.2 Å². The van der Waals surface area contributed by atoms with Gasteiger partial charge >= 0.3 is 0 Å². The zero-order chi connectivity index (χ0) is 8.10. The molecule has 0 aromatic carbocycles. The van der Waals surface area contributed by atoms with E-state index in [2.05, 4.69) is 0 Å². The Morgan fingerprint density at radius 3 is 2.27 bits per heavy atom. The predicted octanol–water partition coefficient (Wildman–Crippen LogP) is 1.31. The van der Waals surface area contributed by atoms with Crippen molar-refractivity contribution in [2.45, 2.75) is 44.6 Å². The maximum absolute atomic E-state index is 9.51. The minimum Gasteiger partial charge on any atom is -0.396 e. The lowest BCUT2D eigenvalue weighted by Crippen LogP contribution is -2.24.